The smallest absolute Gasteiger partial charge is 0.307 e. The van der Waals surface area contributed by atoms with Crippen molar-refractivity contribution in [3.8, 4) is 5.75 Å². The molecule has 1 aromatic rings. The van der Waals surface area contributed by atoms with Gasteiger partial charge in [0, 0.05) is 11.6 Å². The number of methoxy groups -OCH3 is 1. The zero-order valence-electron chi connectivity index (χ0n) is 10.3. The SMILES string of the molecule is CCOC(=O)C[C@@H](N)c1cccc(OC)c1F.Cl. The molecule has 0 aliphatic rings. The third kappa shape index (κ3) is 4.16. The van der Waals surface area contributed by atoms with Crippen LogP contribution in [-0.4, -0.2) is 19.7 Å². The number of carbonyl (C=O) groups excluding carboxylic acids is 1. The van der Waals surface area contributed by atoms with Gasteiger partial charge in [-0.2, -0.15) is 0 Å². The first-order chi connectivity index (χ1) is 8.10. The van der Waals surface area contributed by atoms with Gasteiger partial charge < -0.3 is 15.2 Å². The predicted octanol–water partition coefficient (Wildman–Crippen LogP) is 2.21. The Morgan fingerprint density at radius 2 is 2.17 bits per heavy atom. The van der Waals surface area contributed by atoms with E-state index >= 15 is 0 Å². The molecule has 0 unspecified atom stereocenters. The molecule has 0 amide bonds. The number of halogens is 2. The maximum Gasteiger partial charge on any atom is 0.307 e. The van der Waals surface area contributed by atoms with Gasteiger partial charge in [0.05, 0.1) is 20.1 Å². The average Bonchev–Trinajstić information content (AvgIpc) is 2.29. The van der Waals surface area contributed by atoms with E-state index in [1.807, 2.05) is 0 Å². The molecular formula is C12H17ClFNO3. The summed E-state index contributed by atoms with van der Waals surface area (Å²) >= 11 is 0. The first-order valence-corrected chi connectivity index (χ1v) is 5.33. The molecule has 2 N–H and O–H groups in total. The fourth-order valence-electron chi connectivity index (χ4n) is 1.48. The van der Waals surface area contributed by atoms with Crippen molar-refractivity contribution < 1.29 is 18.7 Å². The number of carbonyl (C=O) groups is 1. The van der Waals surface area contributed by atoms with E-state index in [1.165, 1.54) is 19.2 Å². The lowest BCUT2D eigenvalue weighted by atomic mass is 10.0. The second kappa shape index (κ2) is 7.89. The minimum absolute atomic E-state index is 0. The highest BCUT2D eigenvalue weighted by Crippen LogP contribution is 2.25. The van der Waals surface area contributed by atoms with Crippen LogP contribution in [0.15, 0.2) is 18.2 Å². The van der Waals surface area contributed by atoms with Crippen molar-refractivity contribution in [3.05, 3.63) is 29.6 Å². The van der Waals surface area contributed by atoms with Gasteiger partial charge in [-0.05, 0) is 13.0 Å². The fourth-order valence-corrected chi connectivity index (χ4v) is 1.48. The molecule has 0 fully saturated rings. The summed E-state index contributed by atoms with van der Waals surface area (Å²) in [6.45, 7) is 1.99. The predicted molar refractivity (Wildman–Crippen MR) is 68.4 cm³/mol. The Labute approximate surface area is 112 Å². The number of rotatable bonds is 5. The van der Waals surface area contributed by atoms with E-state index in [9.17, 15) is 9.18 Å². The van der Waals surface area contributed by atoms with Gasteiger partial charge in [0.25, 0.3) is 0 Å². The molecule has 0 aromatic heterocycles. The van der Waals surface area contributed by atoms with Gasteiger partial charge in [0.1, 0.15) is 0 Å². The van der Waals surface area contributed by atoms with Crippen LogP contribution >= 0.6 is 12.4 Å². The third-order valence-corrected chi connectivity index (χ3v) is 2.30. The summed E-state index contributed by atoms with van der Waals surface area (Å²) in [5.74, 6) is -0.865. The van der Waals surface area contributed by atoms with Crippen molar-refractivity contribution in [2.75, 3.05) is 13.7 Å². The molecule has 102 valence electrons. The zero-order valence-corrected chi connectivity index (χ0v) is 11.1. The van der Waals surface area contributed by atoms with Crippen molar-refractivity contribution in [1.29, 1.82) is 0 Å². The van der Waals surface area contributed by atoms with Crippen LogP contribution in [0.1, 0.15) is 24.9 Å². The van der Waals surface area contributed by atoms with Crippen LogP contribution in [0, 0.1) is 5.82 Å². The van der Waals surface area contributed by atoms with Crippen molar-refractivity contribution in [2.45, 2.75) is 19.4 Å². The van der Waals surface area contributed by atoms with E-state index in [1.54, 1.807) is 13.0 Å². The fraction of sp³-hybridized carbons (Fsp3) is 0.417. The Kier molecular flexibility index (Phi) is 7.31. The molecule has 0 aliphatic heterocycles. The molecule has 0 radical (unpaired) electrons. The summed E-state index contributed by atoms with van der Waals surface area (Å²) in [5, 5.41) is 0. The second-order valence-corrected chi connectivity index (χ2v) is 3.48. The molecule has 0 spiro atoms. The lowest BCUT2D eigenvalue weighted by Gasteiger charge is -2.13. The van der Waals surface area contributed by atoms with Gasteiger partial charge in [-0.15, -0.1) is 12.4 Å². The van der Waals surface area contributed by atoms with Crippen molar-refractivity contribution >= 4 is 18.4 Å². The molecule has 18 heavy (non-hydrogen) atoms. The summed E-state index contributed by atoms with van der Waals surface area (Å²) in [4.78, 5) is 11.2. The lowest BCUT2D eigenvalue weighted by Crippen LogP contribution is -2.18. The normalized spacial score (nSPS) is 11.3. The minimum Gasteiger partial charge on any atom is -0.494 e. The Bertz CT molecular complexity index is 401. The van der Waals surface area contributed by atoms with E-state index < -0.39 is 17.8 Å². The van der Waals surface area contributed by atoms with Crippen LogP contribution in [0.2, 0.25) is 0 Å². The van der Waals surface area contributed by atoms with E-state index in [-0.39, 0.29) is 36.7 Å². The first kappa shape index (κ1) is 16.7. The molecule has 1 aromatic carbocycles. The summed E-state index contributed by atoms with van der Waals surface area (Å²) in [6, 6.07) is 3.92. The van der Waals surface area contributed by atoms with Crippen molar-refractivity contribution in [3.63, 3.8) is 0 Å². The summed E-state index contributed by atoms with van der Waals surface area (Å²) < 4.78 is 23.4. The monoisotopic (exact) mass is 277 g/mol. The Morgan fingerprint density at radius 1 is 1.50 bits per heavy atom. The van der Waals surface area contributed by atoms with Gasteiger partial charge in [-0.1, -0.05) is 12.1 Å². The standard InChI is InChI=1S/C12H16FNO3.ClH/c1-3-17-11(15)7-9(14)8-5-4-6-10(16-2)12(8)13;/h4-6,9H,3,7,14H2,1-2H3;1H/t9-;/m1./s1. The largest absolute Gasteiger partial charge is 0.494 e. The summed E-state index contributed by atoms with van der Waals surface area (Å²) in [6.07, 6.45) is -0.0576. The van der Waals surface area contributed by atoms with Gasteiger partial charge in [-0.25, -0.2) is 4.39 Å². The highest BCUT2D eigenvalue weighted by Gasteiger charge is 2.18. The molecule has 0 heterocycles. The van der Waals surface area contributed by atoms with Crippen LogP contribution in [0.3, 0.4) is 0 Å². The first-order valence-electron chi connectivity index (χ1n) is 5.33. The molecule has 0 saturated heterocycles. The van der Waals surface area contributed by atoms with Gasteiger partial charge in [-0.3, -0.25) is 4.79 Å². The number of hydrogen-bond donors (Lipinski definition) is 1. The number of esters is 1. The Balaban J connectivity index is 0.00000289. The molecule has 1 rings (SSSR count). The maximum atomic E-state index is 13.8. The van der Waals surface area contributed by atoms with Crippen molar-refractivity contribution in [2.24, 2.45) is 5.73 Å². The van der Waals surface area contributed by atoms with E-state index in [0.29, 0.717) is 0 Å². The third-order valence-electron chi connectivity index (χ3n) is 2.30. The van der Waals surface area contributed by atoms with E-state index in [2.05, 4.69) is 0 Å². The zero-order chi connectivity index (χ0) is 12.8. The van der Waals surface area contributed by atoms with Gasteiger partial charge >= 0.3 is 5.97 Å². The number of hydrogen-bond acceptors (Lipinski definition) is 4. The number of benzene rings is 1. The van der Waals surface area contributed by atoms with Crippen LogP contribution < -0.4 is 10.5 Å². The Morgan fingerprint density at radius 3 is 2.72 bits per heavy atom. The van der Waals surface area contributed by atoms with Crippen LogP contribution in [-0.2, 0) is 9.53 Å². The molecule has 0 saturated carbocycles. The Hall–Kier alpha value is -1.33. The topological polar surface area (TPSA) is 61.5 Å². The summed E-state index contributed by atoms with van der Waals surface area (Å²) in [7, 11) is 1.37. The highest BCUT2D eigenvalue weighted by molar-refractivity contribution is 5.85. The second-order valence-electron chi connectivity index (χ2n) is 3.48. The average molecular weight is 278 g/mol. The van der Waals surface area contributed by atoms with E-state index in [0.717, 1.165) is 0 Å². The van der Waals surface area contributed by atoms with Crippen molar-refractivity contribution in [1.82, 2.24) is 0 Å². The number of nitrogens with two attached hydrogens (primary N) is 1. The van der Waals surface area contributed by atoms with Gasteiger partial charge in [0.2, 0.25) is 0 Å². The summed E-state index contributed by atoms with van der Waals surface area (Å²) in [5.41, 5.74) is 6.00. The van der Waals surface area contributed by atoms with Crippen LogP contribution in [0.5, 0.6) is 5.75 Å². The minimum atomic E-state index is -0.732. The molecule has 4 nitrogen and oxygen atoms in total. The molecular weight excluding hydrogens is 261 g/mol. The molecule has 1 atom stereocenters. The van der Waals surface area contributed by atoms with Crippen LogP contribution in [0.4, 0.5) is 4.39 Å². The van der Waals surface area contributed by atoms with Crippen LogP contribution in [0.25, 0.3) is 0 Å². The molecule has 0 bridgehead atoms. The lowest BCUT2D eigenvalue weighted by molar-refractivity contribution is -0.143. The molecule has 0 aliphatic carbocycles. The highest BCUT2D eigenvalue weighted by atomic mass is 35.5. The quantitative estimate of drug-likeness (QED) is 0.838. The van der Waals surface area contributed by atoms with Gasteiger partial charge in [0.15, 0.2) is 11.6 Å². The number of ether oxygens (including phenoxy) is 2. The maximum absolute atomic E-state index is 13.8. The van der Waals surface area contributed by atoms with E-state index in [4.69, 9.17) is 15.2 Å². The molecule has 6 heteroatoms.